The summed E-state index contributed by atoms with van der Waals surface area (Å²) in [5.74, 6) is -0.0161. The predicted molar refractivity (Wildman–Crippen MR) is 80.3 cm³/mol. The molecule has 0 aliphatic rings. The van der Waals surface area contributed by atoms with Gasteiger partial charge in [-0.1, -0.05) is 0 Å². The van der Waals surface area contributed by atoms with Crippen LogP contribution in [0.5, 0.6) is 0 Å². The zero-order valence-corrected chi connectivity index (χ0v) is 12.9. The average Bonchev–Trinajstić information content (AvgIpc) is 2.95. The minimum atomic E-state index is -0.0161. The van der Waals surface area contributed by atoms with Gasteiger partial charge in [0.1, 0.15) is 0 Å². The third kappa shape index (κ3) is 3.61. The van der Waals surface area contributed by atoms with Crippen LogP contribution in [-0.4, -0.2) is 24.5 Å². The number of nitrogens with one attached hydrogen (secondary N) is 2. The molecule has 7 heteroatoms. The van der Waals surface area contributed by atoms with Crippen LogP contribution in [0.3, 0.4) is 0 Å². The molecule has 2 N–H and O–H groups in total. The molecule has 0 atom stereocenters. The molecule has 0 radical (unpaired) electrons. The molecule has 0 aromatic carbocycles. The van der Waals surface area contributed by atoms with Crippen LogP contribution in [0.25, 0.3) is 10.6 Å². The Hall–Kier alpha value is -0.760. The first-order valence-corrected chi connectivity index (χ1v) is 7.88. The second-order valence-corrected chi connectivity index (χ2v) is 6.25. The number of carbonyl (C=O) groups is 1. The molecule has 0 aliphatic heterocycles. The summed E-state index contributed by atoms with van der Waals surface area (Å²) in [6.07, 6.45) is 0.454. The van der Waals surface area contributed by atoms with Crippen molar-refractivity contribution >= 4 is 49.6 Å². The van der Waals surface area contributed by atoms with Gasteiger partial charge in [0.25, 0.3) is 0 Å². The first kappa shape index (κ1) is 13.7. The molecule has 1 amide bonds. The molecule has 0 unspecified atom stereocenters. The van der Waals surface area contributed by atoms with Gasteiger partial charge in [-0.25, -0.2) is 4.98 Å². The number of thiophene rings is 1. The Morgan fingerprint density at radius 2 is 2.28 bits per heavy atom. The van der Waals surface area contributed by atoms with Crippen molar-refractivity contribution in [1.82, 2.24) is 10.3 Å². The van der Waals surface area contributed by atoms with Crippen LogP contribution < -0.4 is 10.6 Å². The molecule has 0 spiro atoms. The number of hydrogen-bond acceptors (Lipinski definition) is 5. The number of amides is 1. The molecule has 2 aromatic rings. The van der Waals surface area contributed by atoms with E-state index in [0.29, 0.717) is 18.1 Å². The predicted octanol–water partition coefficient (Wildman–Crippen LogP) is 3.18. The molecule has 4 nitrogen and oxygen atoms in total. The van der Waals surface area contributed by atoms with Crippen molar-refractivity contribution in [3.8, 4) is 10.6 Å². The van der Waals surface area contributed by atoms with Crippen LogP contribution >= 0.6 is 38.6 Å². The minimum absolute atomic E-state index is 0.0161. The fourth-order valence-electron chi connectivity index (χ4n) is 1.31. The zero-order chi connectivity index (χ0) is 13.0. The van der Waals surface area contributed by atoms with Crippen LogP contribution in [0, 0.1) is 0 Å². The van der Waals surface area contributed by atoms with Gasteiger partial charge in [0.15, 0.2) is 5.13 Å². The van der Waals surface area contributed by atoms with E-state index in [1.54, 1.807) is 11.3 Å². The van der Waals surface area contributed by atoms with Gasteiger partial charge in [0.2, 0.25) is 5.91 Å². The smallest absolute Gasteiger partial charge is 0.227 e. The molecule has 2 heterocycles. The van der Waals surface area contributed by atoms with E-state index in [4.69, 9.17) is 0 Å². The maximum Gasteiger partial charge on any atom is 0.227 e. The second-order valence-electron chi connectivity index (χ2n) is 3.57. The van der Waals surface area contributed by atoms with Gasteiger partial charge in [0.05, 0.1) is 10.6 Å². The minimum Gasteiger partial charge on any atom is -0.319 e. The molecule has 18 heavy (non-hydrogen) atoms. The van der Waals surface area contributed by atoms with Crippen molar-refractivity contribution in [2.24, 2.45) is 0 Å². The fraction of sp³-hybridized carbons (Fsp3) is 0.273. The van der Waals surface area contributed by atoms with E-state index in [-0.39, 0.29) is 5.91 Å². The Kier molecular flexibility index (Phi) is 4.87. The van der Waals surface area contributed by atoms with Gasteiger partial charge in [-0.05, 0) is 29.0 Å². The maximum absolute atomic E-state index is 11.5. The van der Waals surface area contributed by atoms with Crippen molar-refractivity contribution in [3.05, 3.63) is 21.3 Å². The lowest BCUT2D eigenvalue weighted by atomic mass is 10.4. The van der Waals surface area contributed by atoms with Gasteiger partial charge < -0.3 is 10.6 Å². The van der Waals surface area contributed by atoms with Crippen LogP contribution in [0.2, 0.25) is 0 Å². The van der Waals surface area contributed by atoms with E-state index in [1.165, 1.54) is 11.3 Å². The van der Waals surface area contributed by atoms with Crippen LogP contribution in [0.1, 0.15) is 6.42 Å². The fourth-order valence-corrected chi connectivity index (χ4v) is 3.50. The number of anilines is 1. The number of halogens is 1. The monoisotopic (exact) mass is 345 g/mol. The summed E-state index contributed by atoms with van der Waals surface area (Å²) < 4.78 is 1.05. The molecule has 0 saturated heterocycles. The second kappa shape index (κ2) is 6.42. The molecule has 0 fully saturated rings. The van der Waals surface area contributed by atoms with Crippen molar-refractivity contribution in [3.63, 3.8) is 0 Å². The molecule has 2 aromatic heterocycles. The highest BCUT2D eigenvalue weighted by Crippen LogP contribution is 2.31. The summed E-state index contributed by atoms with van der Waals surface area (Å²) in [6.45, 7) is 0.669. The zero-order valence-electron chi connectivity index (χ0n) is 9.70. The molecular formula is C11H12BrN3OS2. The number of aromatic nitrogens is 1. The van der Waals surface area contributed by atoms with E-state index in [2.05, 4.69) is 31.5 Å². The van der Waals surface area contributed by atoms with E-state index in [9.17, 15) is 4.79 Å². The highest BCUT2D eigenvalue weighted by molar-refractivity contribution is 9.10. The number of thiazole rings is 1. The highest BCUT2D eigenvalue weighted by Gasteiger charge is 2.09. The Bertz CT molecular complexity index is 538. The Morgan fingerprint density at radius 3 is 2.94 bits per heavy atom. The Morgan fingerprint density at radius 1 is 1.44 bits per heavy atom. The SMILES string of the molecule is CNCCC(=O)Nc1nc(-c2cc(Br)cs2)cs1. The molecule has 2 rings (SSSR count). The van der Waals surface area contributed by atoms with Crippen LogP contribution in [-0.2, 0) is 4.79 Å². The summed E-state index contributed by atoms with van der Waals surface area (Å²) in [7, 11) is 1.82. The normalized spacial score (nSPS) is 10.6. The summed E-state index contributed by atoms with van der Waals surface area (Å²) >= 11 is 6.48. The lowest BCUT2D eigenvalue weighted by Crippen LogP contribution is -2.18. The van der Waals surface area contributed by atoms with Crippen LogP contribution in [0.4, 0.5) is 5.13 Å². The van der Waals surface area contributed by atoms with E-state index in [1.807, 2.05) is 23.9 Å². The third-order valence-corrected chi connectivity index (χ3v) is 4.64. The molecule has 0 aliphatic carbocycles. The van der Waals surface area contributed by atoms with E-state index < -0.39 is 0 Å². The lowest BCUT2D eigenvalue weighted by molar-refractivity contribution is -0.116. The highest BCUT2D eigenvalue weighted by atomic mass is 79.9. The quantitative estimate of drug-likeness (QED) is 0.874. The summed E-state index contributed by atoms with van der Waals surface area (Å²) in [4.78, 5) is 17.0. The molecule has 0 saturated carbocycles. The summed E-state index contributed by atoms with van der Waals surface area (Å²) in [6, 6.07) is 2.02. The number of nitrogens with zero attached hydrogens (tertiary/aromatic N) is 1. The third-order valence-electron chi connectivity index (χ3n) is 2.17. The first-order valence-electron chi connectivity index (χ1n) is 5.33. The first-order chi connectivity index (χ1) is 8.69. The van der Waals surface area contributed by atoms with Crippen molar-refractivity contribution in [2.75, 3.05) is 18.9 Å². The molecular weight excluding hydrogens is 334 g/mol. The maximum atomic E-state index is 11.5. The lowest BCUT2D eigenvalue weighted by Gasteiger charge is -2.00. The van der Waals surface area contributed by atoms with Crippen molar-refractivity contribution in [2.45, 2.75) is 6.42 Å². The van der Waals surface area contributed by atoms with Gasteiger partial charge in [0, 0.05) is 28.2 Å². The standard InChI is InChI=1S/C11H12BrN3OS2/c1-13-3-2-10(16)15-11-14-8(6-18-11)9-4-7(12)5-17-9/h4-6,13H,2-3H2,1H3,(H,14,15,16). The van der Waals surface area contributed by atoms with Gasteiger partial charge in [-0.15, -0.1) is 22.7 Å². The van der Waals surface area contributed by atoms with Gasteiger partial charge in [-0.3, -0.25) is 4.79 Å². The largest absolute Gasteiger partial charge is 0.319 e. The number of carbonyl (C=O) groups excluding carboxylic acids is 1. The molecule has 96 valence electrons. The van der Waals surface area contributed by atoms with Gasteiger partial charge in [-0.2, -0.15) is 0 Å². The Labute approximate surface area is 122 Å². The van der Waals surface area contributed by atoms with Crippen LogP contribution in [0.15, 0.2) is 21.3 Å². The number of rotatable bonds is 5. The van der Waals surface area contributed by atoms with Crippen molar-refractivity contribution in [1.29, 1.82) is 0 Å². The summed E-state index contributed by atoms with van der Waals surface area (Å²) in [5.41, 5.74) is 0.902. The van der Waals surface area contributed by atoms with Crippen molar-refractivity contribution < 1.29 is 4.79 Å². The summed E-state index contributed by atoms with van der Waals surface area (Å²) in [5, 5.41) is 10.3. The van der Waals surface area contributed by atoms with E-state index >= 15 is 0 Å². The van der Waals surface area contributed by atoms with E-state index in [0.717, 1.165) is 15.0 Å². The van der Waals surface area contributed by atoms with Gasteiger partial charge >= 0.3 is 0 Å². The number of hydrogen-bond donors (Lipinski definition) is 2. The average molecular weight is 346 g/mol. The Balaban J connectivity index is 2.00. The topological polar surface area (TPSA) is 54.0 Å². The molecule has 0 bridgehead atoms.